The molecular weight excluding hydrogens is 275 g/mol. The summed E-state index contributed by atoms with van der Waals surface area (Å²) in [4.78, 5) is 24.3. The number of nitro benzene ring substituents is 1. The van der Waals surface area contributed by atoms with Gasteiger partial charge in [0.25, 0.3) is 11.6 Å². The second kappa shape index (κ2) is 6.20. The Bertz CT molecular complexity index is 574. The van der Waals surface area contributed by atoms with Gasteiger partial charge in [-0.15, -0.1) is 0 Å². The van der Waals surface area contributed by atoms with E-state index < -0.39 is 16.6 Å². The third kappa shape index (κ3) is 3.37. The minimum atomic E-state index is -0.664. The van der Waals surface area contributed by atoms with E-state index in [2.05, 4.69) is 6.92 Å². The molecule has 0 bridgehead atoms. The number of halogens is 1. The van der Waals surface area contributed by atoms with Gasteiger partial charge in [-0.1, -0.05) is 6.92 Å². The van der Waals surface area contributed by atoms with Gasteiger partial charge in [-0.25, -0.2) is 4.39 Å². The quantitative estimate of drug-likeness (QED) is 0.621. The molecule has 1 amide bonds. The van der Waals surface area contributed by atoms with Crippen molar-refractivity contribution in [2.75, 3.05) is 13.1 Å². The van der Waals surface area contributed by atoms with Gasteiger partial charge in [0.2, 0.25) is 0 Å². The van der Waals surface area contributed by atoms with E-state index in [1.807, 2.05) is 0 Å². The fraction of sp³-hybridized carbons (Fsp3) is 0.533. The SMILES string of the molecule is Cc1cc([N+](=O)[O-])cc(C(=O)N2CCCC(C)CC2)c1F. The third-order valence-corrected chi connectivity index (χ3v) is 3.98. The van der Waals surface area contributed by atoms with E-state index in [9.17, 15) is 19.3 Å². The molecule has 1 atom stereocenters. The van der Waals surface area contributed by atoms with Crippen LogP contribution >= 0.6 is 0 Å². The lowest BCUT2D eigenvalue weighted by molar-refractivity contribution is -0.385. The summed E-state index contributed by atoms with van der Waals surface area (Å²) < 4.78 is 14.2. The van der Waals surface area contributed by atoms with E-state index in [1.165, 1.54) is 6.92 Å². The predicted octanol–water partition coefficient (Wildman–Crippen LogP) is 3.30. The van der Waals surface area contributed by atoms with Crippen LogP contribution in [-0.4, -0.2) is 28.8 Å². The number of nitrogens with zero attached hydrogens (tertiary/aromatic N) is 2. The average molecular weight is 294 g/mol. The van der Waals surface area contributed by atoms with Gasteiger partial charge >= 0.3 is 0 Å². The zero-order chi connectivity index (χ0) is 15.6. The fourth-order valence-electron chi connectivity index (χ4n) is 2.65. The number of rotatable bonds is 2. The largest absolute Gasteiger partial charge is 0.339 e. The number of likely N-dealkylation sites (tertiary alicyclic amines) is 1. The summed E-state index contributed by atoms with van der Waals surface area (Å²) in [5.74, 6) is -0.573. The maximum atomic E-state index is 14.2. The minimum Gasteiger partial charge on any atom is -0.339 e. The van der Waals surface area contributed by atoms with Crippen LogP contribution in [0.25, 0.3) is 0 Å². The Morgan fingerprint density at radius 3 is 2.76 bits per heavy atom. The van der Waals surface area contributed by atoms with Crippen molar-refractivity contribution in [3.63, 3.8) is 0 Å². The van der Waals surface area contributed by atoms with Gasteiger partial charge in [0.1, 0.15) is 5.82 Å². The molecule has 0 aliphatic carbocycles. The second-order valence-electron chi connectivity index (χ2n) is 5.71. The second-order valence-corrected chi connectivity index (χ2v) is 5.71. The normalized spacial score (nSPS) is 19.2. The van der Waals surface area contributed by atoms with Crippen molar-refractivity contribution >= 4 is 11.6 Å². The molecule has 1 aromatic rings. The number of aryl methyl sites for hydroxylation is 1. The Labute approximate surface area is 122 Å². The molecule has 1 aliphatic rings. The first-order valence-electron chi connectivity index (χ1n) is 7.14. The molecule has 114 valence electrons. The van der Waals surface area contributed by atoms with E-state index in [-0.39, 0.29) is 16.8 Å². The van der Waals surface area contributed by atoms with Gasteiger partial charge in [-0.2, -0.15) is 0 Å². The summed E-state index contributed by atoms with van der Waals surface area (Å²) in [7, 11) is 0. The number of non-ortho nitro benzene ring substituents is 1. The Hall–Kier alpha value is -1.98. The van der Waals surface area contributed by atoms with Crippen molar-refractivity contribution in [1.82, 2.24) is 4.90 Å². The maximum Gasteiger partial charge on any atom is 0.270 e. The summed E-state index contributed by atoms with van der Waals surface area (Å²) in [5.41, 5.74) is -0.326. The van der Waals surface area contributed by atoms with Crippen LogP contribution in [0.3, 0.4) is 0 Å². The number of carbonyl (C=O) groups is 1. The van der Waals surface area contributed by atoms with E-state index in [0.29, 0.717) is 19.0 Å². The number of nitro groups is 1. The summed E-state index contributed by atoms with van der Waals surface area (Å²) >= 11 is 0. The van der Waals surface area contributed by atoms with E-state index in [0.717, 1.165) is 31.4 Å². The van der Waals surface area contributed by atoms with Crippen LogP contribution in [-0.2, 0) is 0 Å². The van der Waals surface area contributed by atoms with Crippen molar-refractivity contribution in [2.45, 2.75) is 33.1 Å². The zero-order valence-electron chi connectivity index (χ0n) is 12.3. The van der Waals surface area contributed by atoms with Crippen molar-refractivity contribution < 1.29 is 14.1 Å². The highest BCUT2D eigenvalue weighted by Gasteiger charge is 2.25. The van der Waals surface area contributed by atoms with Crippen molar-refractivity contribution in [3.05, 3.63) is 39.2 Å². The van der Waals surface area contributed by atoms with Gasteiger partial charge in [0.05, 0.1) is 10.5 Å². The van der Waals surface area contributed by atoms with Crippen LogP contribution < -0.4 is 0 Å². The van der Waals surface area contributed by atoms with E-state index in [1.54, 1.807) is 4.90 Å². The smallest absolute Gasteiger partial charge is 0.270 e. The number of benzene rings is 1. The number of amides is 1. The van der Waals surface area contributed by atoms with Gasteiger partial charge in [0.15, 0.2) is 0 Å². The van der Waals surface area contributed by atoms with Gasteiger partial charge in [-0.05, 0) is 37.7 Å². The lowest BCUT2D eigenvalue weighted by atomic mass is 10.0. The topological polar surface area (TPSA) is 63.5 Å². The number of hydrogen-bond donors (Lipinski definition) is 0. The highest BCUT2D eigenvalue weighted by atomic mass is 19.1. The Balaban J connectivity index is 2.31. The molecule has 1 heterocycles. The molecule has 1 fully saturated rings. The molecule has 0 radical (unpaired) electrons. The summed E-state index contributed by atoms with van der Waals surface area (Å²) in [5, 5.41) is 10.9. The molecule has 21 heavy (non-hydrogen) atoms. The van der Waals surface area contributed by atoms with Crippen LogP contribution in [0.1, 0.15) is 42.1 Å². The number of carbonyl (C=O) groups excluding carboxylic acids is 1. The zero-order valence-corrected chi connectivity index (χ0v) is 12.3. The van der Waals surface area contributed by atoms with E-state index >= 15 is 0 Å². The van der Waals surface area contributed by atoms with Crippen LogP contribution in [0, 0.1) is 28.8 Å². The predicted molar refractivity (Wildman–Crippen MR) is 76.7 cm³/mol. The van der Waals surface area contributed by atoms with Crippen LogP contribution in [0.15, 0.2) is 12.1 Å². The molecule has 0 saturated carbocycles. The first kappa shape index (κ1) is 15.4. The third-order valence-electron chi connectivity index (χ3n) is 3.98. The molecule has 1 unspecified atom stereocenters. The average Bonchev–Trinajstić information content (AvgIpc) is 2.65. The van der Waals surface area contributed by atoms with Gasteiger partial charge in [-0.3, -0.25) is 14.9 Å². The molecule has 6 heteroatoms. The van der Waals surface area contributed by atoms with Crippen molar-refractivity contribution in [1.29, 1.82) is 0 Å². The Morgan fingerprint density at radius 2 is 2.10 bits per heavy atom. The highest BCUT2D eigenvalue weighted by molar-refractivity contribution is 5.95. The Morgan fingerprint density at radius 1 is 1.38 bits per heavy atom. The van der Waals surface area contributed by atoms with Crippen LogP contribution in [0.4, 0.5) is 10.1 Å². The molecule has 2 rings (SSSR count). The molecule has 1 aliphatic heterocycles. The lowest BCUT2D eigenvalue weighted by Crippen LogP contribution is -2.32. The van der Waals surface area contributed by atoms with Crippen molar-refractivity contribution in [2.24, 2.45) is 5.92 Å². The molecule has 1 saturated heterocycles. The van der Waals surface area contributed by atoms with Gasteiger partial charge < -0.3 is 4.90 Å². The standard InChI is InChI=1S/C15H19FN2O3/c1-10-4-3-6-17(7-5-10)15(19)13-9-12(18(20)21)8-11(2)14(13)16/h8-10H,3-7H2,1-2H3. The Kier molecular flexibility index (Phi) is 4.55. The molecule has 1 aromatic carbocycles. The fourth-order valence-corrected chi connectivity index (χ4v) is 2.65. The molecule has 0 spiro atoms. The number of hydrogen-bond acceptors (Lipinski definition) is 3. The first-order chi connectivity index (χ1) is 9.90. The van der Waals surface area contributed by atoms with E-state index in [4.69, 9.17) is 0 Å². The molecule has 0 N–H and O–H groups in total. The minimum absolute atomic E-state index is 0.121. The van der Waals surface area contributed by atoms with Crippen LogP contribution in [0.5, 0.6) is 0 Å². The lowest BCUT2D eigenvalue weighted by Gasteiger charge is -2.21. The maximum absolute atomic E-state index is 14.2. The molecular formula is C15H19FN2O3. The van der Waals surface area contributed by atoms with Crippen LogP contribution in [0.2, 0.25) is 0 Å². The highest BCUT2D eigenvalue weighted by Crippen LogP contribution is 2.24. The molecule has 0 aromatic heterocycles. The monoisotopic (exact) mass is 294 g/mol. The summed E-state index contributed by atoms with van der Waals surface area (Å²) in [6.45, 7) is 4.71. The molecule has 5 nitrogen and oxygen atoms in total. The van der Waals surface area contributed by atoms with Crippen molar-refractivity contribution in [3.8, 4) is 0 Å². The summed E-state index contributed by atoms with van der Waals surface area (Å²) in [6.07, 6.45) is 2.80. The first-order valence-corrected chi connectivity index (χ1v) is 7.14. The summed E-state index contributed by atoms with van der Waals surface area (Å²) in [6, 6.07) is 2.19. The van der Waals surface area contributed by atoms with Gasteiger partial charge in [0, 0.05) is 25.2 Å².